The van der Waals surface area contributed by atoms with Crippen LogP contribution in [0.5, 0.6) is 0 Å². The van der Waals surface area contributed by atoms with Gasteiger partial charge < -0.3 is 4.79 Å². The van der Waals surface area contributed by atoms with Crippen LogP contribution in [0.3, 0.4) is 0 Å². The van der Waals surface area contributed by atoms with Crippen LogP contribution in [0.2, 0.25) is 0 Å². The second-order valence-corrected chi connectivity index (χ2v) is 3.26. The van der Waals surface area contributed by atoms with E-state index in [0.717, 1.165) is 19.1 Å². The number of aldehydes is 1. The average Bonchev–Trinajstić information content (AvgIpc) is 1.97. The van der Waals surface area contributed by atoms with Gasteiger partial charge in [0.2, 0.25) is 0 Å². The van der Waals surface area contributed by atoms with Crippen LogP contribution >= 0.6 is 0 Å². The number of rotatable bonds is 4. The molecule has 0 unspecified atom stereocenters. The molecule has 1 aliphatic carbocycles. The van der Waals surface area contributed by atoms with E-state index < -0.39 is 0 Å². The number of unbranched alkanes of at least 4 members (excludes halogenated alkanes) is 1. The molecular weight excluding hydrogens is 136 g/mol. The molecule has 0 bridgehead atoms. The van der Waals surface area contributed by atoms with Gasteiger partial charge in [0, 0.05) is 5.92 Å². The Hall–Kier alpha value is -0.590. The van der Waals surface area contributed by atoms with Crippen LogP contribution in [-0.4, -0.2) is 6.29 Å². The van der Waals surface area contributed by atoms with Crippen molar-refractivity contribution < 1.29 is 4.79 Å². The zero-order chi connectivity index (χ0) is 8.10. The first-order chi connectivity index (χ1) is 5.38. The maximum atomic E-state index is 10.4. The Bertz CT molecular complexity index is 149. The van der Waals surface area contributed by atoms with Gasteiger partial charge in [-0.3, -0.25) is 0 Å². The normalized spacial score (nSPS) is 30.3. The summed E-state index contributed by atoms with van der Waals surface area (Å²) in [7, 11) is 0. The summed E-state index contributed by atoms with van der Waals surface area (Å²) in [6, 6.07) is 0. The lowest BCUT2D eigenvalue weighted by atomic mass is 9.74. The molecule has 0 aromatic rings. The molecule has 11 heavy (non-hydrogen) atoms. The molecule has 0 N–H and O–H groups in total. The van der Waals surface area contributed by atoms with Crippen molar-refractivity contribution in [1.82, 2.24) is 0 Å². The summed E-state index contributed by atoms with van der Waals surface area (Å²) in [6.07, 6.45) is 10.2. The Morgan fingerprint density at radius 3 is 2.55 bits per heavy atom. The summed E-state index contributed by atoms with van der Waals surface area (Å²) in [5, 5.41) is 0. The van der Waals surface area contributed by atoms with Crippen molar-refractivity contribution in [1.29, 1.82) is 0 Å². The number of carbonyl (C=O) groups excluding carboxylic acids is 1. The standard InChI is InChI=1S/C10H16O/c1-2-3-4-5-9-6-7-10(9)8-11/h4-5,8-10H,2-3,6-7H2,1H3/b5-4+/t9-,10+/m0/s1. The van der Waals surface area contributed by atoms with Gasteiger partial charge >= 0.3 is 0 Å². The third-order valence-electron chi connectivity index (χ3n) is 2.40. The summed E-state index contributed by atoms with van der Waals surface area (Å²) < 4.78 is 0. The minimum Gasteiger partial charge on any atom is -0.303 e. The number of hydrogen-bond acceptors (Lipinski definition) is 1. The van der Waals surface area contributed by atoms with Gasteiger partial charge in [-0.2, -0.15) is 0 Å². The predicted molar refractivity (Wildman–Crippen MR) is 46.3 cm³/mol. The summed E-state index contributed by atoms with van der Waals surface area (Å²) >= 11 is 0. The van der Waals surface area contributed by atoms with Crippen molar-refractivity contribution in [3.05, 3.63) is 12.2 Å². The highest BCUT2D eigenvalue weighted by molar-refractivity contribution is 5.56. The SMILES string of the molecule is CCC/C=C/[C@H]1CC[C@@H]1C=O. The minimum atomic E-state index is 0.336. The van der Waals surface area contributed by atoms with Crippen LogP contribution in [0.15, 0.2) is 12.2 Å². The highest BCUT2D eigenvalue weighted by Gasteiger charge is 2.27. The molecule has 0 aromatic heterocycles. The van der Waals surface area contributed by atoms with Crippen LogP contribution in [0.1, 0.15) is 32.6 Å². The molecule has 62 valence electrons. The molecule has 2 atom stereocenters. The minimum absolute atomic E-state index is 0.336. The third-order valence-corrected chi connectivity index (χ3v) is 2.40. The van der Waals surface area contributed by atoms with E-state index in [2.05, 4.69) is 19.1 Å². The molecule has 0 spiro atoms. The quantitative estimate of drug-likeness (QED) is 0.447. The van der Waals surface area contributed by atoms with E-state index in [-0.39, 0.29) is 0 Å². The van der Waals surface area contributed by atoms with E-state index in [1.165, 1.54) is 12.8 Å². The lowest BCUT2D eigenvalue weighted by Gasteiger charge is -2.29. The van der Waals surface area contributed by atoms with Crippen LogP contribution in [0.4, 0.5) is 0 Å². The molecule has 0 radical (unpaired) electrons. The average molecular weight is 152 g/mol. The second kappa shape index (κ2) is 4.32. The fourth-order valence-corrected chi connectivity index (χ4v) is 1.40. The maximum Gasteiger partial charge on any atom is 0.123 e. The molecule has 0 saturated heterocycles. The van der Waals surface area contributed by atoms with Gasteiger partial charge in [0.15, 0.2) is 0 Å². The zero-order valence-corrected chi connectivity index (χ0v) is 7.12. The largest absolute Gasteiger partial charge is 0.303 e. The molecule has 1 heteroatoms. The second-order valence-electron chi connectivity index (χ2n) is 3.26. The molecule has 1 nitrogen and oxygen atoms in total. The van der Waals surface area contributed by atoms with E-state index in [1.54, 1.807) is 0 Å². The van der Waals surface area contributed by atoms with Gasteiger partial charge in [-0.25, -0.2) is 0 Å². The number of allylic oxidation sites excluding steroid dienone is 2. The Labute approximate surface area is 68.5 Å². The monoisotopic (exact) mass is 152 g/mol. The summed E-state index contributed by atoms with van der Waals surface area (Å²) in [5.74, 6) is 0.905. The van der Waals surface area contributed by atoms with Gasteiger partial charge in [0.05, 0.1) is 0 Å². The first-order valence-electron chi connectivity index (χ1n) is 4.50. The lowest BCUT2D eigenvalue weighted by Crippen LogP contribution is -2.24. The molecule has 1 aliphatic rings. The van der Waals surface area contributed by atoms with Gasteiger partial charge in [-0.15, -0.1) is 0 Å². The predicted octanol–water partition coefficient (Wildman–Crippen LogP) is 2.57. The number of carbonyl (C=O) groups is 1. The molecule has 1 rings (SSSR count). The molecule has 0 heterocycles. The van der Waals surface area contributed by atoms with E-state index in [4.69, 9.17) is 0 Å². The fraction of sp³-hybridized carbons (Fsp3) is 0.700. The van der Waals surface area contributed by atoms with Crippen LogP contribution in [0, 0.1) is 11.8 Å². The van der Waals surface area contributed by atoms with Crippen molar-refractivity contribution in [3.63, 3.8) is 0 Å². The van der Waals surface area contributed by atoms with Crippen LogP contribution in [-0.2, 0) is 4.79 Å². The van der Waals surface area contributed by atoms with Gasteiger partial charge in [-0.1, -0.05) is 25.5 Å². The van der Waals surface area contributed by atoms with Crippen molar-refractivity contribution in [2.24, 2.45) is 11.8 Å². The Balaban J connectivity index is 2.21. The van der Waals surface area contributed by atoms with E-state index in [9.17, 15) is 4.79 Å². The highest BCUT2D eigenvalue weighted by atomic mass is 16.1. The first-order valence-corrected chi connectivity index (χ1v) is 4.50. The molecule has 0 aromatic carbocycles. The van der Waals surface area contributed by atoms with Crippen LogP contribution in [0.25, 0.3) is 0 Å². The van der Waals surface area contributed by atoms with Gasteiger partial charge in [0.25, 0.3) is 0 Å². The summed E-state index contributed by atoms with van der Waals surface area (Å²) in [6.45, 7) is 2.17. The van der Waals surface area contributed by atoms with E-state index in [1.807, 2.05) is 0 Å². The third kappa shape index (κ3) is 2.18. The Morgan fingerprint density at radius 2 is 2.09 bits per heavy atom. The maximum absolute atomic E-state index is 10.4. The van der Waals surface area contributed by atoms with Crippen LogP contribution < -0.4 is 0 Å². The number of hydrogen-bond donors (Lipinski definition) is 0. The zero-order valence-electron chi connectivity index (χ0n) is 7.12. The smallest absolute Gasteiger partial charge is 0.123 e. The molecular formula is C10H16O. The summed E-state index contributed by atoms with van der Waals surface area (Å²) in [5.41, 5.74) is 0. The Kier molecular flexibility index (Phi) is 3.34. The molecule has 0 amide bonds. The van der Waals surface area contributed by atoms with Crippen molar-refractivity contribution in [2.75, 3.05) is 0 Å². The van der Waals surface area contributed by atoms with Gasteiger partial charge in [-0.05, 0) is 25.2 Å². The lowest BCUT2D eigenvalue weighted by molar-refractivity contribution is -0.114. The van der Waals surface area contributed by atoms with Gasteiger partial charge in [0.1, 0.15) is 6.29 Å². The van der Waals surface area contributed by atoms with E-state index in [0.29, 0.717) is 11.8 Å². The molecule has 1 fully saturated rings. The molecule has 0 aliphatic heterocycles. The first kappa shape index (κ1) is 8.51. The Morgan fingerprint density at radius 1 is 1.36 bits per heavy atom. The molecule has 1 saturated carbocycles. The van der Waals surface area contributed by atoms with Crippen molar-refractivity contribution in [2.45, 2.75) is 32.6 Å². The van der Waals surface area contributed by atoms with Crippen molar-refractivity contribution >= 4 is 6.29 Å². The fourth-order valence-electron chi connectivity index (χ4n) is 1.40. The van der Waals surface area contributed by atoms with Crippen molar-refractivity contribution in [3.8, 4) is 0 Å². The summed E-state index contributed by atoms with van der Waals surface area (Å²) in [4.78, 5) is 10.4. The highest BCUT2D eigenvalue weighted by Crippen LogP contribution is 2.33. The topological polar surface area (TPSA) is 17.1 Å². The van der Waals surface area contributed by atoms with E-state index >= 15 is 0 Å².